The zero-order valence-electron chi connectivity index (χ0n) is 14.6. The largest absolute Gasteiger partial charge is 0.354 e. The highest BCUT2D eigenvalue weighted by Gasteiger charge is 2.11. The van der Waals surface area contributed by atoms with Gasteiger partial charge in [0.25, 0.3) is 0 Å². The van der Waals surface area contributed by atoms with E-state index < -0.39 is 0 Å². The lowest BCUT2D eigenvalue weighted by atomic mass is 10.1. The molecule has 0 aliphatic heterocycles. The van der Waals surface area contributed by atoms with Crippen LogP contribution >= 0.6 is 11.3 Å². The molecule has 0 bridgehead atoms. The third-order valence-electron chi connectivity index (χ3n) is 4.30. The van der Waals surface area contributed by atoms with Crippen LogP contribution in [0.3, 0.4) is 0 Å². The van der Waals surface area contributed by atoms with Gasteiger partial charge in [0.15, 0.2) is 0 Å². The molecule has 0 saturated carbocycles. The Kier molecular flexibility index (Phi) is 4.64. The Morgan fingerprint density at radius 1 is 1.15 bits per heavy atom. The first-order chi connectivity index (χ1) is 12.7. The van der Waals surface area contributed by atoms with E-state index in [4.69, 9.17) is 0 Å². The molecule has 5 N–H and O–H groups in total. The number of fused-ring (bicyclic) bond motifs is 1. The number of aryl methyl sites for hydroxylation is 1. The zero-order chi connectivity index (χ0) is 17.9. The van der Waals surface area contributed by atoms with Gasteiger partial charge in [-0.1, -0.05) is 41.2 Å². The molecule has 0 fully saturated rings. The van der Waals surface area contributed by atoms with Crippen LogP contribution in [0.1, 0.15) is 11.1 Å². The number of rotatable bonds is 6. The van der Waals surface area contributed by atoms with Crippen LogP contribution in [0, 0.1) is 6.92 Å². The second-order valence-corrected chi connectivity index (χ2v) is 7.50. The summed E-state index contributed by atoms with van der Waals surface area (Å²) in [5.41, 5.74) is 8.91. The van der Waals surface area contributed by atoms with Crippen molar-refractivity contribution in [1.29, 1.82) is 0 Å². The molecule has 6 nitrogen and oxygen atoms in total. The number of aromatic amines is 1. The minimum absolute atomic E-state index is 0.271. The van der Waals surface area contributed by atoms with Crippen molar-refractivity contribution in [1.82, 2.24) is 20.4 Å². The number of hydrogen-bond donors (Lipinski definition) is 3. The standard InChI is InChI=1S/C19H20N6S/c1-12-2-4-13(5-3-12)8-16(20)11-21-19-25-24-18(26-19)14-6-7-17-15(9-14)10-22-23-17/h2-7,9-10,16H,8,11,20H2,1H3,(H,21,25)(H,22,23)/p+1/t16-/m0/s1. The number of quaternary nitrogens is 1. The van der Waals surface area contributed by atoms with Gasteiger partial charge in [-0.25, -0.2) is 0 Å². The summed E-state index contributed by atoms with van der Waals surface area (Å²) in [7, 11) is 0. The highest BCUT2D eigenvalue weighted by atomic mass is 32.1. The molecule has 2 aromatic carbocycles. The zero-order valence-corrected chi connectivity index (χ0v) is 15.4. The first-order valence-corrected chi connectivity index (χ1v) is 9.38. The van der Waals surface area contributed by atoms with E-state index >= 15 is 0 Å². The number of H-pyrrole nitrogens is 1. The van der Waals surface area contributed by atoms with Crippen LogP contribution in [-0.2, 0) is 6.42 Å². The smallest absolute Gasteiger partial charge is 0.206 e. The van der Waals surface area contributed by atoms with E-state index in [2.05, 4.69) is 68.7 Å². The summed E-state index contributed by atoms with van der Waals surface area (Å²) in [5.74, 6) is 0. The van der Waals surface area contributed by atoms with Crippen LogP contribution in [-0.4, -0.2) is 33.0 Å². The second kappa shape index (κ2) is 7.23. The Balaban J connectivity index is 1.37. The molecule has 1 atom stereocenters. The Labute approximate surface area is 155 Å². The molecule has 0 aliphatic rings. The number of nitrogens with zero attached hydrogens (tertiary/aromatic N) is 3. The molecule has 4 aromatic rings. The molecular weight excluding hydrogens is 344 g/mol. The fraction of sp³-hybridized carbons (Fsp3) is 0.211. The molecule has 0 amide bonds. The van der Waals surface area contributed by atoms with Crippen LogP contribution < -0.4 is 11.1 Å². The summed E-state index contributed by atoms with van der Waals surface area (Å²) in [5, 5.41) is 21.7. The summed E-state index contributed by atoms with van der Waals surface area (Å²) in [4.78, 5) is 0. The molecule has 0 spiro atoms. The maximum atomic E-state index is 4.30. The normalized spacial score (nSPS) is 12.4. The Morgan fingerprint density at radius 2 is 2.00 bits per heavy atom. The fourth-order valence-corrected chi connectivity index (χ4v) is 3.60. The van der Waals surface area contributed by atoms with E-state index in [1.165, 1.54) is 11.1 Å². The van der Waals surface area contributed by atoms with Gasteiger partial charge in [0.2, 0.25) is 5.13 Å². The molecule has 0 saturated heterocycles. The van der Waals surface area contributed by atoms with Crippen molar-refractivity contribution in [3.8, 4) is 10.6 Å². The average Bonchev–Trinajstić information content (AvgIpc) is 3.30. The van der Waals surface area contributed by atoms with Crippen molar-refractivity contribution in [2.75, 3.05) is 11.9 Å². The highest BCUT2D eigenvalue weighted by Crippen LogP contribution is 2.28. The average molecular weight is 365 g/mol. The maximum absolute atomic E-state index is 4.30. The van der Waals surface area contributed by atoms with Crippen LogP contribution in [0.5, 0.6) is 0 Å². The molecule has 4 rings (SSSR count). The van der Waals surface area contributed by atoms with Gasteiger partial charge in [-0.2, -0.15) is 5.10 Å². The molecule has 0 radical (unpaired) electrons. The molecule has 2 aromatic heterocycles. The number of hydrogen-bond acceptors (Lipinski definition) is 5. The number of nitrogens with one attached hydrogen (secondary N) is 2. The maximum Gasteiger partial charge on any atom is 0.206 e. The lowest BCUT2D eigenvalue weighted by Gasteiger charge is -2.09. The molecular formula is C19H21N6S+. The van der Waals surface area contributed by atoms with Crippen molar-refractivity contribution < 1.29 is 5.73 Å². The van der Waals surface area contributed by atoms with Crippen molar-refractivity contribution >= 4 is 27.4 Å². The van der Waals surface area contributed by atoms with Gasteiger partial charge in [-0.3, -0.25) is 5.10 Å². The van der Waals surface area contributed by atoms with Gasteiger partial charge in [-0.15, -0.1) is 10.2 Å². The van der Waals surface area contributed by atoms with Crippen molar-refractivity contribution in [2.45, 2.75) is 19.4 Å². The monoisotopic (exact) mass is 365 g/mol. The van der Waals surface area contributed by atoms with Crippen LogP contribution in [0.2, 0.25) is 0 Å². The first kappa shape index (κ1) is 16.7. The number of anilines is 1. The summed E-state index contributed by atoms with van der Waals surface area (Å²) in [6.45, 7) is 2.87. The van der Waals surface area contributed by atoms with Crippen LogP contribution in [0.15, 0.2) is 48.7 Å². The molecule has 0 aliphatic carbocycles. The predicted molar refractivity (Wildman–Crippen MR) is 105 cm³/mol. The third-order valence-corrected chi connectivity index (χ3v) is 5.23. The third kappa shape index (κ3) is 3.74. The Hall–Kier alpha value is -2.77. The van der Waals surface area contributed by atoms with Crippen molar-refractivity contribution in [2.24, 2.45) is 0 Å². The minimum Gasteiger partial charge on any atom is -0.354 e. The van der Waals surface area contributed by atoms with E-state index in [0.29, 0.717) is 0 Å². The van der Waals surface area contributed by atoms with Crippen LogP contribution in [0.4, 0.5) is 5.13 Å². The predicted octanol–water partition coefficient (Wildman–Crippen LogP) is 2.65. The topological polar surface area (TPSA) is 94.1 Å². The fourth-order valence-electron chi connectivity index (χ4n) is 2.85. The lowest BCUT2D eigenvalue weighted by molar-refractivity contribution is -0.414. The molecule has 132 valence electrons. The summed E-state index contributed by atoms with van der Waals surface area (Å²) in [6, 6.07) is 15.0. The Morgan fingerprint density at radius 3 is 2.85 bits per heavy atom. The summed E-state index contributed by atoms with van der Waals surface area (Å²) < 4.78 is 0. The van der Waals surface area contributed by atoms with Crippen molar-refractivity contribution in [3.05, 3.63) is 59.8 Å². The quantitative estimate of drug-likeness (QED) is 0.490. The molecule has 2 heterocycles. The molecule has 26 heavy (non-hydrogen) atoms. The van der Waals surface area contributed by atoms with Gasteiger partial charge >= 0.3 is 0 Å². The second-order valence-electron chi connectivity index (χ2n) is 6.52. The van der Waals surface area contributed by atoms with E-state index in [1.54, 1.807) is 11.3 Å². The van der Waals surface area contributed by atoms with Crippen molar-refractivity contribution in [3.63, 3.8) is 0 Å². The lowest BCUT2D eigenvalue weighted by Crippen LogP contribution is -2.64. The van der Waals surface area contributed by atoms with E-state index in [1.807, 2.05) is 18.3 Å². The van der Waals surface area contributed by atoms with Gasteiger partial charge in [0.05, 0.1) is 18.3 Å². The van der Waals surface area contributed by atoms with E-state index in [9.17, 15) is 0 Å². The van der Waals surface area contributed by atoms with E-state index in [-0.39, 0.29) is 6.04 Å². The summed E-state index contributed by atoms with van der Waals surface area (Å²) >= 11 is 1.56. The Bertz CT molecular complexity index is 1000. The molecule has 0 unspecified atom stereocenters. The SMILES string of the molecule is Cc1ccc(C[C@H]([NH3+])CNc2nnc(-c3ccc4[nH]ncc4c3)s2)cc1. The van der Waals surface area contributed by atoms with Gasteiger partial charge in [-0.05, 0) is 30.7 Å². The highest BCUT2D eigenvalue weighted by molar-refractivity contribution is 7.18. The van der Waals surface area contributed by atoms with Gasteiger partial charge in [0.1, 0.15) is 11.0 Å². The minimum atomic E-state index is 0.271. The summed E-state index contributed by atoms with van der Waals surface area (Å²) in [6.07, 6.45) is 2.76. The van der Waals surface area contributed by atoms with E-state index in [0.717, 1.165) is 39.6 Å². The van der Waals surface area contributed by atoms with Crippen LogP contribution in [0.25, 0.3) is 21.5 Å². The first-order valence-electron chi connectivity index (χ1n) is 8.57. The number of aromatic nitrogens is 4. The van der Waals surface area contributed by atoms with Gasteiger partial charge in [0, 0.05) is 17.4 Å². The number of benzene rings is 2. The van der Waals surface area contributed by atoms with Gasteiger partial charge < -0.3 is 11.1 Å². The molecule has 7 heteroatoms.